The summed E-state index contributed by atoms with van der Waals surface area (Å²) in [4.78, 5) is 8.65. The monoisotopic (exact) mass is 373 g/mol. The molecule has 0 aliphatic carbocycles. The third kappa shape index (κ3) is 3.08. The molecule has 0 bridgehead atoms. The second kappa shape index (κ2) is 6.21. The average Bonchev–Trinajstić information content (AvgIpc) is 2.61. The molecule has 0 saturated heterocycles. The highest BCUT2D eigenvalue weighted by atomic mass is 32.2. The molecule has 0 fully saturated rings. The van der Waals surface area contributed by atoms with Gasteiger partial charge in [-0.25, -0.2) is 22.8 Å². The van der Waals surface area contributed by atoms with Gasteiger partial charge in [0.1, 0.15) is 23.7 Å². The third-order valence-corrected chi connectivity index (χ3v) is 5.47. The third-order valence-electron chi connectivity index (χ3n) is 4.36. The molecule has 1 atom stereocenters. The van der Waals surface area contributed by atoms with Crippen LogP contribution in [0.4, 0.5) is 10.2 Å². The summed E-state index contributed by atoms with van der Waals surface area (Å²) in [7, 11) is -3.35. The van der Waals surface area contributed by atoms with Crippen molar-refractivity contribution >= 4 is 26.6 Å². The van der Waals surface area contributed by atoms with Crippen LogP contribution >= 0.6 is 0 Å². The molecule has 8 heteroatoms. The minimum absolute atomic E-state index is 0.196. The zero-order valence-electron chi connectivity index (χ0n) is 13.9. The molecule has 2 heterocycles. The molecule has 1 aliphatic rings. The van der Waals surface area contributed by atoms with Crippen molar-refractivity contribution in [3.05, 3.63) is 54.1 Å². The molecule has 1 N–H and O–H groups in total. The van der Waals surface area contributed by atoms with Crippen LogP contribution in [0, 0.1) is 5.82 Å². The lowest BCUT2D eigenvalue weighted by atomic mass is 10.00. The number of hydrogen-bond acceptors (Lipinski definition) is 6. The van der Waals surface area contributed by atoms with Gasteiger partial charge < -0.3 is 10.1 Å². The zero-order valence-corrected chi connectivity index (χ0v) is 14.8. The van der Waals surface area contributed by atoms with E-state index < -0.39 is 9.84 Å². The summed E-state index contributed by atoms with van der Waals surface area (Å²) in [5, 5.41) is 3.89. The van der Waals surface area contributed by atoms with E-state index in [2.05, 4.69) is 15.3 Å². The molecule has 0 amide bonds. The maximum absolute atomic E-state index is 13.7. The topological polar surface area (TPSA) is 81.2 Å². The quantitative estimate of drug-likeness (QED) is 0.760. The first-order chi connectivity index (χ1) is 12.4. The van der Waals surface area contributed by atoms with E-state index >= 15 is 0 Å². The molecule has 1 unspecified atom stereocenters. The van der Waals surface area contributed by atoms with Crippen molar-refractivity contribution < 1.29 is 17.5 Å². The fourth-order valence-electron chi connectivity index (χ4n) is 3.06. The lowest BCUT2D eigenvalue weighted by Gasteiger charge is -2.27. The highest BCUT2D eigenvalue weighted by Gasteiger charge is 2.23. The Morgan fingerprint density at radius 1 is 1.19 bits per heavy atom. The second-order valence-electron chi connectivity index (χ2n) is 6.19. The molecule has 4 rings (SSSR count). The lowest BCUT2D eigenvalue weighted by molar-refractivity contribution is 0.273. The van der Waals surface area contributed by atoms with E-state index in [1.165, 1.54) is 24.5 Å². The SMILES string of the molecule is CS(=O)(=O)c1ccc2ncnc(NC3CCOc4ccc(F)cc43)c2c1. The average molecular weight is 373 g/mol. The number of nitrogens with zero attached hydrogens (tertiary/aromatic N) is 2. The van der Waals surface area contributed by atoms with E-state index in [1.54, 1.807) is 18.2 Å². The largest absolute Gasteiger partial charge is 0.493 e. The van der Waals surface area contributed by atoms with Gasteiger partial charge >= 0.3 is 0 Å². The number of hydrogen-bond donors (Lipinski definition) is 1. The number of sulfone groups is 1. The maximum Gasteiger partial charge on any atom is 0.175 e. The number of benzene rings is 2. The Labute approximate surface area is 150 Å². The fraction of sp³-hybridized carbons (Fsp3) is 0.222. The molecule has 0 spiro atoms. The number of halogens is 1. The lowest BCUT2D eigenvalue weighted by Crippen LogP contribution is -2.21. The Bertz CT molecular complexity index is 1100. The van der Waals surface area contributed by atoms with E-state index in [9.17, 15) is 12.8 Å². The number of ether oxygens (including phenoxy) is 1. The molecule has 1 aromatic heterocycles. The van der Waals surface area contributed by atoms with Gasteiger partial charge in [-0.15, -0.1) is 0 Å². The summed E-state index contributed by atoms with van der Waals surface area (Å²) in [6.07, 6.45) is 3.20. The van der Waals surface area contributed by atoms with E-state index in [4.69, 9.17) is 4.74 Å². The van der Waals surface area contributed by atoms with Crippen LogP contribution < -0.4 is 10.1 Å². The minimum Gasteiger partial charge on any atom is -0.493 e. The molecular formula is C18H16FN3O3S. The van der Waals surface area contributed by atoms with Crippen molar-refractivity contribution in [3.8, 4) is 5.75 Å². The second-order valence-corrected chi connectivity index (χ2v) is 8.21. The number of nitrogens with one attached hydrogen (secondary N) is 1. The van der Waals surface area contributed by atoms with Gasteiger partial charge in [0.05, 0.1) is 23.1 Å². The number of aromatic nitrogens is 2. The predicted octanol–water partition coefficient (Wildman–Crippen LogP) is 3.11. The van der Waals surface area contributed by atoms with Crippen LogP contribution in [0.25, 0.3) is 10.9 Å². The highest BCUT2D eigenvalue weighted by Crippen LogP contribution is 2.35. The van der Waals surface area contributed by atoms with Crippen molar-refractivity contribution in [2.75, 3.05) is 18.2 Å². The van der Waals surface area contributed by atoms with Crippen LogP contribution in [-0.2, 0) is 9.84 Å². The Balaban J connectivity index is 1.78. The zero-order chi connectivity index (χ0) is 18.3. The Morgan fingerprint density at radius 3 is 2.85 bits per heavy atom. The molecule has 3 aromatic rings. The van der Waals surface area contributed by atoms with Crippen molar-refractivity contribution in [3.63, 3.8) is 0 Å². The van der Waals surface area contributed by atoms with Gasteiger partial charge in [0.25, 0.3) is 0 Å². The summed E-state index contributed by atoms with van der Waals surface area (Å²) in [6.45, 7) is 0.494. The Morgan fingerprint density at radius 2 is 2.04 bits per heavy atom. The summed E-state index contributed by atoms with van der Waals surface area (Å²) in [5.41, 5.74) is 1.34. The van der Waals surface area contributed by atoms with E-state index in [0.29, 0.717) is 41.1 Å². The highest BCUT2D eigenvalue weighted by molar-refractivity contribution is 7.90. The van der Waals surface area contributed by atoms with Gasteiger partial charge in [-0.2, -0.15) is 0 Å². The summed E-state index contributed by atoms with van der Waals surface area (Å²) in [6, 6.07) is 8.94. The van der Waals surface area contributed by atoms with Crippen molar-refractivity contribution in [2.45, 2.75) is 17.4 Å². The molecule has 1 aliphatic heterocycles. The molecule has 6 nitrogen and oxygen atoms in total. The summed E-state index contributed by atoms with van der Waals surface area (Å²) >= 11 is 0. The first-order valence-electron chi connectivity index (χ1n) is 8.05. The standard InChI is InChI=1S/C18H16FN3O3S/c1-26(23,24)12-3-4-15-14(9-12)18(21-10-20-15)22-16-6-7-25-17-5-2-11(19)8-13(16)17/h2-5,8-10,16H,6-7H2,1H3,(H,20,21,22). The number of fused-ring (bicyclic) bond motifs is 2. The van der Waals surface area contributed by atoms with Crippen LogP contribution in [0.15, 0.2) is 47.6 Å². The normalized spacial score (nSPS) is 16.8. The number of rotatable bonds is 3. The van der Waals surface area contributed by atoms with Crippen LogP contribution in [0.3, 0.4) is 0 Å². The number of anilines is 1. The van der Waals surface area contributed by atoms with Gasteiger partial charge in [0.2, 0.25) is 0 Å². The van der Waals surface area contributed by atoms with Crippen LogP contribution in [0.5, 0.6) is 5.75 Å². The smallest absolute Gasteiger partial charge is 0.175 e. The minimum atomic E-state index is -3.35. The van der Waals surface area contributed by atoms with Gasteiger partial charge in [0, 0.05) is 23.6 Å². The molecule has 0 radical (unpaired) electrons. The van der Waals surface area contributed by atoms with Gasteiger partial charge in [-0.3, -0.25) is 0 Å². The van der Waals surface area contributed by atoms with E-state index in [1.807, 2.05) is 0 Å². The Hall–Kier alpha value is -2.74. The van der Waals surface area contributed by atoms with Gasteiger partial charge in [0.15, 0.2) is 9.84 Å². The molecule has 26 heavy (non-hydrogen) atoms. The predicted molar refractivity (Wildman–Crippen MR) is 95.5 cm³/mol. The van der Waals surface area contributed by atoms with Crippen molar-refractivity contribution in [1.82, 2.24) is 9.97 Å². The maximum atomic E-state index is 13.7. The fourth-order valence-corrected chi connectivity index (χ4v) is 3.71. The molecule has 0 saturated carbocycles. The first-order valence-corrected chi connectivity index (χ1v) is 9.94. The van der Waals surface area contributed by atoms with Crippen LogP contribution in [0.1, 0.15) is 18.0 Å². The van der Waals surface area contributed by atoms with Crippen molar-refractivity contribution in [1.29, 1.82) is 0 Å². The van der Waals surface area contributed by atoms with E-state index in [0.717, 1.165) is 6.26 Å². The first kappa shape index (κ1) is 16.7. The van der Waals surface area contributed by atoms with Gasteiger partial charge in [-0.1, -0.05) is 0 Å². The van der Waals surface area contributed by atoms with Gasteiger partial charge in [-0.05, 0) is 36.4 Å². The molecule has 134 valence electrons. The summed E-state index contributed by atoms with van der Waals surface area (Å²) in [5.74, 6) is 0.793. The molecule has 2 aromatic carbocycles. The summed E-state index contributed by atoms with van der Waals surface area (Å²) < 4.78 is 43.0. The van der Waals surface area contributed by atoms with Crippen LogP contribution in [-0.4, -0.2) is 31.2 Å². The molecular weight excluding hydrogens is 357 g/mol. The Kier molecular flexibility index (Phi) is 3.99. The van der Waals surface area contributed by atoms with E-state index in [-0.39, 0.29) is 16.8 Å². The van der Waals surface area contributed by atoms with Crippen LogP contribution in [0.2, 0.25) is 0 Å². The van der Waals surface area contributed by atoms with Crippen molar-refractivity contribution in [2.24, 2.45) is 0 Å².